The standard InChI is InChI=1S/C17H21NO/c1-2-3-5-10-16(19)17(11-13-18-14-12-17)15-8-6-4-7-9-15/h4,6-9,18H,5,10-14H2,1H3. The lowest BCUT2D eigenvalue weighted by Gasteiger charge is -2.36. The van der Waals surface area contributed by atoms with Gasteiger partial charge in [0.15, 0.2) is 0 Å². The Bertz CT molecular complexity index is 475. The van der Waals surface area contributed by atoms with Gasteiger partial charge in [-0.15, -0.1) is 11.8 Å². The average Bonchev–Trinajstić information content (AvgIpc) is 2.49. The Morgan fingerprint density at radius 1 is 1.26 bits per heavy atom. The second-order valence-electron chi connectivity index (χ2n) is 5.05. The summed E-state index contributed by atoms with van der Waals surface area (Å²) in [4.78, 5) is 12.7. The molecule has 1 fully saturated rings. The van der Waals surface area contributed by atoms with Gasteiger partial charge in [0.05, 0.1) is 5.41 Å². The van der Waals surface area contributed by atoms with Crippen molar-refractivity contribution in [2.24, 2.45) is 0 Å². The Labute approximate surface area is 115 Å². The number of carbonyl (C=O) groups excluding carboxylic acids is 1. The maximum atomic E-state index is 12.7. The Kier molecular flexibility index (Phi) is 4.76. The van der Waals surface area contributed by atoms with Crippen LogP contribution in [0.15, 0.2) is 30.3 Å². The fourth-order valence-corrected chi connectivity index (χ4v) is 2.88. The zero-order valence-electron chi connectivity index (χ0n) is 11.5. The van der Waals surface area contributed by atoms with Crippen LogP contribution in [-0.2, 0) is 10.2 Å². The first-order chi connectivity index (χ1) is 9.29. The Balaban J connectivity index is 2.23. The number of benzene rings is 1. The minimum absolute atomic E-state index is 0.290. The lowest BCUT2D eigenvalue weighted by Crippen LogP contribution is -2.45. The zero-order valence-corrected chi connectivity index (χ0v) is 11.5. The highest BCUT2D eigenvalue weighted by Gasteiger charge is 2.39. The van der Waals surface area contributed by atoms with E-state index in [0.29, 0.717) is 18.6 Å². The fraction of sp³-hybridized carbons (Fsp3) is 0.471. The van der Waals surface area contributed by atoms with Gasteiger partial charge in [-0.3, -0.25) is 4.79 Å². The van der Waals surface area contributed by atoms with Crippen molar-refractivity contribution in [1.29, 1.82) is 0 Å². The quantitative estimate of drug-likeness (QED) is 0.838. The highest BCUT2D eigenvalue weighted by atomic mass is 16.1. The van der Waals surface area contributed by atoms with E-state index in [0.717, 1.165) is 25.9 Å². The molecule has 1 aliphatic heterocycles. The first-order valence-electron chi connectivity index (χ1n) is 6.99. The van der Waals surface area contributed by atoms with E-state index in [-0.39, 0.29) is 5.41 Å². The summed E-state index contributed by atoms with van der Waals surface area (Å²) in [5.41, 5.74) is 0.882. The average molecular weight is 255 g/mol. The summed E-state index contributed by atoms with van der Waals surface area (Å²) in [5.74, 6) is 6.21. The maximum Gasteiger partial charge on any atom is 0.144 e. The molecule has 0 unspecified atom stereocenters. The van der Waals surface area contributed by atoms with Gasteiger partial charge in [0, 0.05) is 12.8 Å². The van der Waals surface area contributed by atoms with Crippen molar-refractivity contribution in [3.05, 3.63) is 35.9 Å². The molecule has 0 aliphatic carbocycles. The third-order valence-corrected chi connectivity index (χ3v) is 3.97. The largest absolute Gasteiger partial charge is 0.317 e. The number of piperidine rings is 1. The molecule has 1 N–H and O–H groups in total. The van der Waals surface area contributed by atoms with Gasteiger partial charge in [0.2, 0.25) is 0 Å². The van der Waals surface area contributed by atoms with Crippen LogP contribution in [0.4, 0.5) is 0 Å². The molecular weight excluding hydrogens is 234 g/mol. The number of nitrogens with one attached hydrogen (secondary N) is 1. The number of carbonyl (C=O) groups is 1. The van der Waals surface area contributed by atoms with Crippen LogP contribution in [0, 0.1) is 11.8 Å². The van der Waals surface area contributed by atoms with Gasteiger partial charge in [0.1, 0.15) is 5.78 Å². The number of hydrogen-bond acceptors (Lipinski definition) is 2. The summed E-state index contributed by atoms with van der Waals surface area (Å²) in [6.45, 7) is 3.65. The van der Waals surface area contributed by atoms with E-state index in [9.17, 15) is 4.79 Å². The van der Waals surface area contributed by atoms with E-state index < -0.39 is 0 Å². The Morgan fingerprint density at radius 2 is 1.95 bits per heavy atom. The smallest absolute Gasteiger partial charge is 0.144 e. The monoisotopic (exact) mass is 255 g/mol. The molecule has 1 aliphatic rings. The minimum atomic E-state index is -0.290. The molecule has 0 atom stereocenters. The van der Waals surface area contributed by atoms with E-state index in [1.165, 1.54) is 5.56 Å². The van der Waals surface area contributed by atoms with Crippen LogP contribution in [0.1, 0.15) is 38.2 Å². The maximum absolute atomic E-state index is 12.7. The summed E-state index contributed by atoms with van der Waals surface area (Å²) in [7, 11) is 0. The summed E-state index contributed by atoms with van der Waals surface area (Å²) in [5, 5.41) is 3.35. The van der Waals surface area contributed by atoms with Gasteiger partial charge in [0.25, 0.3) is 0 Å². The first kappa shape index (κ1) is 13.8. The lowest BCUT2D eigenvalue weighted by molar-refractivity contribution is -0.125. The van der Waals surface area contributed by atoms with Gasteiger partial charge in [-0.05, 0) is 38.4 Å². The molecule has 0 radical (unpaired) electrons. The zero-order chi connectivity index (χ0) is 13.6. The molecule has 1 aromatic rings. The van der Waals surface area contributed by atoms with Crippen LogP contribution >= 0.6 is 0 Å². The molecule has 2 heteroatoms. The first-order valence-corrected chi connectivity index (χ1v) is 6.99. The number of Topliss-reactive ketones (excluding diaryl/α,β-unsaturated/α-hetero) is 1. The van der Waals surface area contributed by atoms with E-state index in [2.05, 4.69) is 29.3 Å². The van der Waals surface area contributed by atoms with Gasteiger partial charge >= 0.3 is 0 Å². The summed E-state index contributed by atoms with van der Waals surface area (Å²) in [6.07, 6.45) is 3.04. The molecular formula is C17H21NO. The van der Waals surface area contributed by atoms with Crippen molar-refractivity contribution >= 4 is 5.78 Å². The van der Waals surface area contributed by atoms with Gasteiger partial charge < -0.3 is 5.32 Å². The van der Waals surface area contributed by atoms with E-state index in [4.69, 9.17) is 0 Å². The number of hydrogen-bond donors (Lipinski definition) is 1. The lowest BCUT2D eigenvalue weighted by atomic mass is 9.69. The second-order valence-corrected chi connectivity index (χ2v) is 5.05. The predicted molar refractivity (Wildman–Crippen MR) is 77.9 cm³/mol. The van der Waals surface area contributed by atoms with Gasteiger partial charge in [-0.1, -0.05) is 30.3 Å². The second kappa shape index (κ2) is 6.54. The van der Waals surface area contributed by atoms with Crippen LogP contribution in [0.2, 0.25) is 0 Å². The molecule has 0 amide bonds. The molecule has 1 aromatic carbocycles. The molecule has 1 heterocycles. The van der Waals surface area contributed by atoms with Crippen molar-refractivity contribution in [2.45, 2.75) is 38.0 Å². The highest BCUT2D eigenvalue weighted by Crippen LogP contribution is 2.35. The van der Waals surface area contributed by atoms with Crippen LogP contribution in [0.5, 0.6) is 0 Å². The van der Waals surface area contributed by atoms with E-state index >= 15 is 0 Å². The Morgan fingerprint density at radius 3 is 2.58 bits per heavy atom. The van der Waals surface area contributed by atoms with Crippen molar-refractivity contribution in [3.63, 3.8) is 0 Å². The molecule has 2 rings (SSSR count). The van der Waals surface area contributed by atoms with Crippen LogP contribution < -0.4 is 5.32 Å². The number of rotatable bonds is 4. The van der Waals surface area contributed by atoms with Crippen molar-refractivity contribution in [3.8, 4) is 11.8 Å². The molecule has 19 heavy (non-hydrogen) atoms. The topological polar surface area (TPSA) is 29.1 Å². The molecule has 0 saturated carbocycles. The fourth-order valence-electron chi connectivity index (χ4n) is 2.88. The molecule has 1 saturated heterocycles. The molecule has 0 bridgehead atoms. The minimum Gasteiger partial charge on any atom is -0.317 e. The normalized spacial score (nSPS) is 17.3. The highest BCUT2D eigenvalue weighted by molar-refractivity contribution is 5.90. The SMILES string of the molecule is CC#CCCC(=O)C1(c2ccccc2)CCNCC1. The van der Waals surface area contributed by atoms with Gasteiger partial charge in [-0.25, -0.2) is 0 Å². The number of ketones is 1. The third kappa shape index (κ3) is 3.05. The Hall–Kier alpha value is -1.59. The molecule has 100 valence electrons. The van der Waals surface area contributed by atoms with Crippen molar-refractivity contribution < 1.29 is 4.79 Å². The van der Waals surface area contributed by atoms with Crippen LogP contribution in [0.25, 0.3) is 0 Å². The van der Waals surface area contributed by atoms with E-state index in [1.54, 1.807) is 0 Å². The summed E-state index contributed by atoms with van der Waals surface area (Å²) in [6, 6.07) is 10.2. The predicted octanol–water partition coefficient (Wildman–Crippen LogP) is 2.68. The van der Waals surface area contributed by atoms with Gasteiger partial charge in [-0.2, -0.15) is 0 Å². The van der Waals surface area contributed by atoms with E-state index in [1.807, 2.05) is 25.1 Å². The summed E-state index contributed by atoms with van der Waals surface area (Å²) >= 11 is 0. The third-order valence-electron chi connectivity index (χ3n) is 3.97. The van der Waals surface area contributed by atoms with Crippen LogP contribution in [0.3, 0.4) is 0 Å². The summed E-state index contributed by atoms with van der Waals surface area (Å²) < 4.78 is 0. The molecule has 0 spiro atoms. The molecule has 2 nitrogen and oxygen atoms in total. The van der Waals surface area contributed by atoms with Crippen molar-refractivity contribution in [2.75, 3.05) is 13.1 Å². The van der Waals surface area contributed by atoms with Crippen LogP contribution in [-0.4, -0.2) is 18.9 Å². The van der Waals surface area contributed by atoms with Crippen molar-refractivity contribution in [1.82, 2.24) is 5.32 Å². The molecule has 0 aromatic heterocycles.